The number of nitrogens with two attached hydrogens (primary N) is 1. The van der Waals surface area contributed by atoms with Crippen LogP contribution in [-0.2, 0) is 10.1 Å². The maximum atomic E-state index is 12.1. The van der Waals surface area contributed by atoms with Crippen molar-refractivity contribution in [2.24, 2.45) is 0 Å². The molecule has 1 aromatic heterocycles. The molecule has 0 aliphatic heterocycles. The van der Waals surface area contributed by atoms with Crippen molar-refractivity contribution in [2.45, 2.75) is 4.90 Å². The number of nitrogens with one attached hydrogen (secondary N) is 4. The second-order valence-corrected chi connectivity index (χ2v) is 9.58. The monoisotopic (exact) mass is 546 g/mol. The first-order valence-corrected chi connectivity index (χ1v) is 13.0. The van der Waals surface area contributed by atoms with Crippen molar-refractivity contribution in [3.05, 3.63) is 83.4 Å². The molecular formula is C26H26N8O4S. The van der Waals surface area contributed by atoms with Gasteiger partial charge in [0.2, 0.25) is 17.8 Å². The Bertz CT molecular complexity index is 1620. The molecule has 3 aromatic carbocycles. The first-order chi connectivity index (χ1) is 18.6. The molecule has 1 amide bonds. The number of hydrogen-bond donors (Lipinski definition) is 6. The molecule has 0 aliphatic rings. The molecule has 0 saturated carbocycles. The highest BCUT2D eigenvalue weighted by Crippen LogP contribution is 2.25. The maximum Gasteiger partial charge on any atom is 0.295 e. The molecule has 1 heterocycles. The number of aromatic nitrogens is 3. The van der Waals surface area contributed by atoms with Crippen LogP contribution in [0, 0.1) is 0 Å². The number of amides is 1. The highest BCUT2D eigenvalue weighted by molar-refractivity contribution is 7.86. The second kappa shape index (κ2) is 11.6. The molecule has 12 nitrogen and oxygen atoms in total. The zero-order chi connectivity index (χ0) is 28.0. The van der Waals surface area contributed by atoms with Crippen molar-refractivity contribution in [1.82, 2.24) is 20.3 Å². The molecule has 0 saturated heterocycles. The Labute approximate surface area is 225 Å². The van der Waals surface area contributed by atoms with Crippen LogP contribution in [-0.4, -0.2) is 47.9 Å². The highest BCUT2D eigenvalue weighted by atomic mass is 32.2. The lowest BCUT2D eigenvalue weighted by Crippen LogP contribution is -2.17. The fourth-order valence-corrected chi connectivity index (χ4v) is 4.18. The van der Waals surface area contributed by atoms with E-state index in [9.17, 15) is 17.8 Å². The molecule has 0 bridgehead atoms. The standard InChI is InChI=1S/C26H26N8O4S/c1-28-23(35)18-8-12-20(13-9-18)30-25-32-24(29-2)33-26(34-25)31-21-14-7-17(22(15-21)39(36,37)38)6-3-16-4-10-19(27)11-5-16/h3-15H,27H2,1-2H3,(H,28,35)(H,36,37,38)(H3,29,30,31,32,33,34)/b6-3+. The Morgan fingerprint density at radius 1 is 0.821 bits per heavy atom. The van der Waals surface area contributed by atoms with E-state index >= 15 is 0 Å². The van der Waals surface area contributed by atoms with E-state index in [2.05, 4.69) is 36.2 Å². The second-order valence-electron chi connectivity index (χ2n) is 8.19. The molecule has 39 heavy (non-hydrogen) atoms. The summed E-state index contributed by atoms with van der Waals surface area (Å²) in [6.07, 6.45) is 3.29. The van der Waals surface area contributed by atoms with E-state index in [-0.39, 0.29) is 34.2 Å². The van der Waals surface area contributed by atoms with E-state index in [4.69, 9.17) is 5.73 Å². The summed E-state index contributed by atoms with van der Waals surface area (Å²) in [6.45, 7) is 0. The number of nitrogen functional groups attached to an aromatic ring is 1. The number of carbonyl (C=O) groups is 1. The van der Waals surface area contributed by atoms with Crippen LogP contribution in [0.5, 0.6) is 0 Å². The Morgan fingerprint density at radius 3 is 2.00 bits per heavy atom. The topological polar surface area (TPSA) is 184 Å². The van der Waals surface area contributed by atoms with Gasteiger partial charge in [0.15, 0.2) is 0 Å². The number of benzene rings is 3. The fourth-order valence-electron chi connectivity index (χ4n) is 3.47. The lowest BCUT2D eigenvalue weighted by Gasteiger charge is -2.12. The minimum Gasteiger partial charge on any atom is -0.399 e. The minimum absolute atomic E-state index is 0.116. The molecule has 0 radical (unpaired) electrons. The largest absolute Gasteiger partial charge is 0.399 e. The van der Waals surface area contributed by atoms with Crippen LogP contribution in [0.2, 0.25) is 0 Å². The number of rotatable bonds is 9. The Hall–Kier alpha value is -5.01. The van der Waals surface area contributed by atoms with Gasteiger partial charge in [-0.1, -0.05) is 30.4 Å². The molecule has 13 heteroatoms. The van der Waals surface area contributed by atoms with E-state index < -0.39 is 10.1 Å². The molecule has 200 valence electrons. The normalized spacial score (nSPS) is 11.3. The number of nitrogens with zero attached hydrogens (tertiary/aromatic N) is 3. The van der Waals surface area contributed by atoms with Gasteiger partial charge < -0.3 is 27.0 Å². The Balaban J connectivity index is 1.59. The highest BCUT2D eigenvalue weighted by Gasteiger charge is 2.16. The molecule has 0 unspecified atom stereocenters. The average molecular weight is 547 g/mol. The zero-order valence-electron chi connectivity index (χ0n) is 21.0. The molecule has 0 atom stereocenters. The van der Waals surface area contributed by atoms with Crippen molar-refractivity contribution >= 4 is 63.1 Å². The quantitative estimate of drug-likeness (QED) is 0.102. The third kappa shape index (κ3) is 7.06. The van der Waals surface area contributed by atoms with E-state index in [0.717, 1.165) is 5.56 Å². The summed E-state index contributed by atoms with van der Waals surface area (Å²) in [5.41, 5.74) is 8.86. The van der Waals surface area contributed by atoms with E-state index in [1.165, 1.54) is 6.07 Å². The van der Waals surface area contributed by atoms with Gasteiger partial charge in [-0.05, 0) is 59.7 Å². The van der Waals surface area contributed by atoms with Crippen LogP contribution in [0.4, 0.5) is 34.9 Å². The van der Waals surface area contributed by atoms with Gasteiger partial charge in [-0.15, -0.1) is 0 Å². The molecule has 0 spiro atoms. The van der Waals surface area contributed by atoms with Gasteiger partial charge in [-0.3, -0.25) is 9.35 Å². The predicted molar refractivity (Wildman–Crippen MR) is 152 cm³/mol. The van der Waals surface area contributed by atoms with Crippen LogP contribution in [0.3, 0.4) is 0 Å². The van der Waals surface area contributed by atoms with Crippen LogP contribution < -0.4 is 27.0 Å². The van der Waals surface area contributed by atoms with E-state index in [1.54, 1.807) is 86.9 Å². The summed E-state index contributed by atoms with van der Waals surface area (Å²) in [5, 5.41) is 11.4. The Morgan fingerprint density at radius 2 is 1.41 bits per heavy atom. The predicted octanol–water partition coefficient (Wildman–Crippen LogP) is 3.76. The van der Waals surface area contributed by atoms with Gasteiger partial charge >= 0.3 is 0 Å². The van der Waals surface area contributed by atoms with Crippen molar-refractivity contribution < 1.29 is 17.8 Å². The molecule has 0 aliphatic carbocycles. The number of anilines is 6. The summed E-state index contributed by atoms with van der Waals surface area (Å²) < 4.78 is 34.2. The smallest absolute Gasteiger partial charge is 0.295 e. The van der Waals surface area contributed by atoms with Gasteiger partial charge in [0.25, 0.3) is 16.0 Å². The Kier molecular flexibility index (Phi) is 8.03. The lowest BCUT2D eigenvalue weighted by molar-refractivity contribution is 0.0963. The first-order valence-electron chi connectivity index (χ1n) is 11.6. The minimum atomic E-state index is -4.55. The van der Waals surface area contributed by atoms with E-state index in [1.807, 2.05) is 0 Å². The van der Waals surface area contributed by atoms with Crippen LogP contribution >= 0.6 is 0 Å². The van der Waals surface area contributed by atoms with Crippen molar-refractivity contribution in [3.8, 4) is 0 Å². The van der Waals surface area contributed by atoms with Crippen LogP contribution in [0.25, 0.3) is 12.2 Å². The summed E-state index contributed by atoms with van der Waals surface area (Å²) in [6, 6.07) is 18.2. The van der Waals surface area contributed by atoms with Gasteiger partial charge in [0.05, 0.1) is 0 Å². The van der Waals surface area contributed by atoms with E-state index in [0.29, 0.717) is 22.6 Å². The van der Waals surface area contributed by atoms with Crippen molar-refractivity contribution in [2.75, 3.05) is 35.8 Å². The van der Waals surface area contributed by atoms with Crippen LogP contribution in [0.1, 0.15) is 21.5 Å². The zero-order valence-corrected chi connectivity index (χ0v) is 21.8. The molecule has 4 rings (SSSR count). The summed E-state index contributed by atoms with van der Waals surface area (Å²) in [5.74, 6) is 0.351. The number of carbonyl (C=O) groups excluding carboxylic acids is 1. The molecule has 7 N–H and O–H groups in total. The molecule has 0 fully saturated rings. The van der Waals surface area contributed by atoms with Crippen LogP contribution in [0.15, 0.2) is 71.6 Å². The fraction of sp³-hybridized carbons (Fsp3) is 0.0769. The van der Waals surface area contributed by atoms with Gasteiger partial charge in [0.1, 0.15) is 4.90 Å². The van der Waals surface area contributed by atoms with Gasteiger partial charge in [0, 0.05) is 36.7 Å². The summed E-state index contributed by atoms with van der Waals surface area (Å²) in [4.78, 5) is 24.3. The first kappa shape index (κ1) is 27.0. The van der Waals surface area contributed by atoms with Crippen molar-refractivity contribution in [3.63, 3.8) is 0 Å². The molecular weight excluding hydrogens is 520 g/mol. The van der Waals surface area contributed by atoms with Gasteiger partial charge in [-0.2, -0.15) is 23.4 Å². The average Bonchev–Trinajstić information content (AvgIpc) is 2.92. The third-order valence-corrected chi connectivity index (χ3v) is 6.34. The SMILES string of the molecule is CNC(=O)c1ccc(Nc2nc(NC)nc(Nc3ccc(/C=C/c4ccc(N)cc4)c(S(=O)(=O)O)c3)n2)cc1. The lowest BCUT2D eigenvalue weighted by atomic mass is 10.1. The third-order valence-electron chi connectivity index (χ3n) is 5.43. The summed E-state index contributed by atoms with van der Waals surface area (Å²) >= 11 is 0. The van der Waals surface area contributed by atoms with Crippen molar-refractivity contribution in [1.29, 1.82) is 0 Å². The summed E-state index contributed by atoms with van der Waals surface area (Å²) in [7, 11) is -1.36. The maximum absolute atomic E-state index is 12.1. The molecule has 4 aromatic rings. The van der Waals surface area contributed by atoms with Gasteiger partial charge in [-0.25, -0.2) is 0 Å². The number of hydrogen-bond acceptors (Lipinski definition) is 10.